The van der Waals surface area contributed by atoms with Gasteiger partial charge in [-0.05, 0) is 17.7 Å². The maximum Gasteiger partial charge on any atom is 0.0582 e. The number of rotatable bonds is 2. The van der Waals surface area contributed by atoms with Crippen LogP contribution < -0.4 is 4.90 Å². The van der Waals surface area contributed by atoms with Crippen molar-refractivity contribution in [1.29, 1.82) is 0 Å². The van der Waals surface area contributed by atoms with Crippen molar-refractivity contribution in [3.63, 3.8) is 0 Å². The first-order valence-electron chi connectivity index (χ1n) is 4.97. The van der Waals surface area contributed by atoms with Gasteiger partial charge in [0.15, 0.2) is 0 Å². The Morgan fingerprint density at radius 3 is 2.07 bits per heavy atom. The molecule has 1 heterocycles. The Hall–Kier alpha value is -1.02. The Labute approximate surface area is 85.5 Å². The molecule has 1 aromatic rings. The van der Waals surface area contributed by atoms with Crippen molar-refractivity contribution >= 4 is 5.69 Å². The van der Waals surface area contributed by atoms with E-state index in [4.69, 9.17) is 4.74 Å². The third-order valence-corrected chi connectivity index (χ3v) is 2.92. The van der Waals surface area contributed by atoms with E-state index in [0.717, 1.165) is 13.2 Å². The molecule has 0 N–H and O–H groups in total. The first kappa shape index (κ1) is 9.53. The molecule has 0 saturated carbocycles. The number of ether oxygens (including phenoxy) is 1. The van der Waals surface area contributed by atoms with Crippen molar-refractivity contribution in [3.8, 4) is 0 Å². The summed E-state index contributed by atoms with van der Waals surface area (Å²) in [7, 11) is 4.12. The number of anilines is 1. The Bertz CT molecular complexity index is 312. The molecular weight excluding hydrogens is 174 g/mol. The van der Waals surface area contributed by atoms with E-state index in [2.05, 4.69) is 50.2 Å². The molecule has 0 unspecified atom stereocenters. The van der Waals surface area contributed by atoms with Crippen LogP contribution in [-0.4, -0.2) is 27.3 Å². The van der Waals surface area contributed by atoms with Gasteiger partial charge in [-0.1, -0.05) is 19.1 Å². The van der Waals surface area contributed by atoms with Gasteiger partial charge < -0.3 is 9.64 Å². The normalized spacial score (nSPS) is 18.8. The highest BCUT2D eigenvalue weighted by Gasteiger charge is 2.34. The summed E-state index contributed by atoms with van der Waals surface area (Å²) in [5.41, 5.74) is 2.89. The van der Waals surface area contributed by atoms with E-state index in [-0.39, 0.29) is 5.41 Å². The van der Waals surface area contributed by atoms with Gasteiger partial charge in [0.05, 0.1) is 13.2 Å². The van der Waals surface area contributed by atoms with Crippen molar-refractivity contribution in [1.82, 2.24) is 0 Å². The summed E-state index contributed by atoms with van der Waals surface area (Å²) < 4.78 is 5.26. The van der Waals surface area contributed by atoms with Gasteiger partial charge in [-0.3, -0.25) is 0 Å². The van der Waals surface area contributed by atoms with E-state index in [1.807, 2.05) is 0 Å². The zero-order chi connectivity index (χ0) is 10.2. The lowest BCUT2D eigenvalue weighted by Gasteiger charge is -2.38. The maximum atomic E-state index is 5.26. The number of hydrogen-bond acceptors (Lipinski definition) is 2. The summed E-state index contributed by atoms with van der Waals surface area (Å²) in [5.74, 6) is 0. The highest BCUT2D eigenvalue weighted by Crippen LogP contribution is 2.32. The molecule has 0 spiro atoms. The molecule has 0 aliphatic carbocycles. The average molecular weight is 191 g/mol. The molecule has 1 aliphatic heterocycles. The molecule has 1 aliphatic rings. The molecule has 1 saturated heterocycles. The topological polar surface area (TPSA) is 12.5 Å². The summed E-state index contributed by atoms with van der Waals surface area (Å²) in [6, 6.07) is 8.74. The van der Waals surface area contributed by atoms with Gasteiger partial charge in [-0.2, -0.15) is 0 Å². The van der Waals surface area contributed by atoms with E-state index < -0.39 is 0 Å². The van der Waals surface area contributed by atoms with Crippen molar-refractivity contribution in [2.24, 2.45) is 0 Å². The van der Waals surface area contributed by atoms with Crippen molar-refractivity contribution in [2.75, 3.05) is 32.2 Å². The van der Waals surface area contributed by atoms with Gasteiger partial charge in [0, 0.05) is 25.2 Å². The summed E-state index contributed by atoms with van der Waals surface area (Å²) in [6.45, 7) is 3.96. The van der Waals surface area contributed by atoms with E-state index in [0.29, 0.717) is 0 Å². The predicted octanol–water partition coefficient (Wildman–Crippen LogP) is 2.04. The van der Waals surface area contributed by atoms with Crippen LogP contribution in [0.25, 0.3) is 0 Å². The fourth-order valence-electron chi connectivity index (χ4n) is 1.74. The van der Waals surface area contributed by atoms with Crippen LogP contribution in [-0.2, 0) is 10.2 Å². The Morgan fingerprint density at radius 2 is 1.71 bits per heavy atom. The Kier molecular flexibility index (Phi) is 2.23. The van der Waals surface area contributed by atoms with Gasteiger partial charge in [-0.25, -0.2) is 0 Å². The molecule has 2 nitrogen and oxygen atoms in total. The highest BCUT2D eigenvalue weighted by atomic mass is 16.5. The van der Waals surface area contributed by atoms with Crippen molar-refractivity contribution in [2.45, 2.75) is 12.3 Å². The fourth-order valence-corrected chi connectivity index (χ4v) is 1.74. The zero-order valence-corrected chi connectivity index (χ0v) is 9.08. The van der Waals surface area contributed by atoms with Crippen LogP contribution in [0.15, 0.2) is 24.3 Å². The van der Waals surface area contributed by atoms with Gasteiger partial charge in [0.1, 0.15) is 0 Å². The maximum absolute atomic E-state index is 5.26. The molecule has 0 aromatic heterocycles. The standard InChI is InChI=1S/C12H17NO/c1-12(8-14-9-12)10-4-6-11(7-5-10)13(2)3/h4-7H,8-9H2,1-3H3. The largest absolute Gasteiger partial charge is 0.379 e. The van der Waals surface area contributed by atoms with Crippen LogP contribution in [0.2, 0.25) is 0 Å². The Balaban J connectivity index is 2.21. The highest BCUT2D eigenvalue weighted by molar-refractivity contribution is 5.47. The van der Waals surface area contributed by atoms with Gasteiger partial charge >= 0.3 is 0 Å². The third-order valence-electron chi connectivity index (χ3n) is 2.92. The molecule has 1 fully saturated rings. The van der Waals surface area contributed by atoms with E-state index in [1.165, 1.54) is 11.3 Å². The zero-order valence-electron chi connectivity index (χ0n) is 9.08. The van der Waals surface area contributed by atoms with Gasteiger partial charge in [0.2, 0.25) is 0 Å². The molecule has 1 aromatic carbocycles. The minimum absolute atomic E-state index is 0.255. The van der Waals surface area contributed by atoms with Crippen LogP contribution >= 0.6 is 0 Å². The van der Waals surface area contributed by atoms with E-state index in [1.54, 1.807) is 0 Å². The second-order valence-electron chi connectivity index (χ2n) is 4.49. The number of hydrogen-bond donors (Lipinski definition) is 0. The molecule has 0 atom stereocenters. The third kappa shape index (κ3) is 1.50. The van der Waals surface area contributed by atoms with E-state index in [9.17, 15) is 0 Å². The van der Waals surface area contributed by atoms with Gasteiger partial charge in [0.25, 0.3) is 0 Å². The monoisotopic (exact) mass is 191 g/mol. The molecule has 2 heteroatoms. The number of nitrogens with zero attached hydrogens (tertiary/aromatic N) is 1. The lowest BCUT2D eigenvalue weighted by Crippen LogP contribution is -2.43. The smallest absolute Gasteiger partial charge is 0.0582 e. The molecule has 2 rings (SSSR count). The van der Waals surface area contributed by atoms with Gasteiger partial charge in [-0.15, -0.1) is 0 Å². The molecule has 0 radical (unpaired) electrons. The van der Waals surface area contributed by atoms with E-state index >= 15 is 0 Å². The molecule has 14 heavy (non-hydrogen) atoms. The van der Waals surface area contributed by atoms with Crippen molar-refractivity contribution in [3.05, 3.63) is 29.8 Å². The Morgan fingerprint density at radius 1 is 1.14 bits per heavy atom. The van der Waals surface area contributed by atoms with Crippen molar-refractivity contribution < 1.29 is 4.74 Å². The van der Waals surface area contributed by atoms with Crippen LogP contribution in [0.3, 0.4) is 0 Å². The summed E-state index contributed by atoms with van der Waals surface area (Å²) in [4.78, 5) is 2.11. The molecule has 0 amide bonds. The second-order valence-corrected chi connectivity index (χ2v) is 4.49. The SMILES string of the molecule is CN(C)c1ccc(C2(C)COC2)cc1. The second kappa shape index (κ2) is 3.28. The lowest BCUT2D eigenvalue weighted by atomic mass is 9.81. The average Bonchev–Trinajstić information content (AvgIpc) is 2.14. The lowest BCUT2D eigenvalue weighted by molar-refractivity contribution is -0.0500. The quantitative estimate of drug-likeness (QED) is 0.709. The summed E-state index contributed by atoms with van der Waals surface area (Å²) >= 11 is 0. The first-order chi connectivity index (χ1) is 6.62. The first-order valence-corrected chi connectivity index (χ1v) is 4.97. The van der Waals surface area contributed by atoms with Crippen LogP contribution in [0.1, 0.15) is 12.5 Å². The summed E-state index contributed by atoms with van der Waals surface area (Å²) in [5, 5.41) is 0. The number of benzene rings is 1. The predicted molar refractivity (Wildman–Crippen MR) is 58.9 cm³/mol. The molecule has 76 valence electrons. The summed E-state index contributed by atoms with van der Waals surface area (Å²) in [6.07, 6.45) is 0. The molecular formula is C12H17NO. The van der Waals surface area contributed by atoms with Crippen LogP contribution in [0.4, 0.5) is 5.69 Å². The molecule has 0 bridgehead atoms. The van der Waals surface area contributed by atoms with Crippen LogP contribution in [0, 0.1) is 0 Å². The minimum Gasteiger partial charge on any atom is -0.379 e. The fraction of sp³-hybridized carbons (Fsp3) is 0.500. The van der Waals surface area contributed by atoms with Crippen LogP contribution in [0.5, 0.6) is 0 Å². The minimum atomic E-state index is 0.255.